The number of ether oxygens (including phenoxy) is 2. The predicted molar refractivity (Wildman–Crippen MR) is 133 cm³/mol. The van der Waals surface area contributed by atoms with Gasteiger partial charge in [-0.2, -0.15) is 11.8 Å². The number of aryl methyl sites for hydroxylation is 1. The van der Waals surface area contributed by atoms with Gasteiger partial charge in [-0.25, -0.2) is 4.98 Å². The van der Waals surface area contributed by atoms with Gasteiger partial charge in [0.15, 0.2) is 5.79 Å². The van der Waals surface area contributed by atoms with Gasteiger partial charge in [0, 0.05) is 45.4 Å². The second-order valence-electron chi connectivity index (χ2n) is 8.05. The van der Waals surface area contributed by atoms with Crippen LogP contribution in [0, 0.1) is 6.92 Å². The van der Waals surface area contributed by atoms with Crippen molar-refractivity contribution in [1.29, 1.82) is 0 Å². The Labute approximate surface area is 208 Å². The number of imidazole rings is 1. The molecule has 4 rings (SSSR count). The lowest BCUT2D eigenvalue weighted by molar-refractivity contribution is -0.180. The molecule has 8 heteroatoms. The third kappa shape index (κ3) is 6.22. The summed E-state index contributed by atoms with van der Waals surface area (Å²) in [6.07, 6.45) is 6.69. The van der Waals surface area contributed by atoms with E-state index in [1.807, 2.05) is 22.5 Å². The summed E-state index contributed by atoms with van der Waals surface area (Å²) in [5.74, 6) is 1.05. The van der Waals surface area contributed by atoms with Crippen molar-refractivity contribution < 1.29 is 9.47 Å². The monoisotopic (exact) mass is 510 g/mol. The van der Waals surface area contributed by atoms with E-state index < -0.39 is 5.79 Å². The Morgan fingerprint density at radius 2 is 1.91 bits per heavy atom. The molecule has 4 nitrogen and oxygen atoms in total. The second-order valence-corrected chi connectivity index (χ2v) is 10.3. The largest absolute Gasteiger partial charge is 0.345 e. The van der Waals surface area contributed by atoms with E-state index in [4.69, 9.17) is 44.3 Å². The topological polar surface area (TPSA) is 36.3 Å². The minimum atomic E-state index is -0.762. The molecule has 1 aliphatic rings. The van der Waals surface area contributed by atoms with Crippen LogP contribution in [-0.2, 0) is 28.2 Å². The predicted octanol–water partition coefficient (Wildman–Crippen LogP) is 6.83. The number of aromatic nitrogens is 2. The average Bonchev–Trinajstić information content (AvgIpc) is 3.39. The Hall–Kier alpha value is -1.21. The quantitative estimate of drug-likeness (QED) is 0.315. The number of hydrogen-bond donors (Lipinski definition) is 0. The van der Waals surface area contributed by atoms with Gasteiger partial charge in [-0.3, -0.25) is 0 Å². The van der Waals surface area contributed by atoms with Gasteiger partial charge >= 0.3 is 0 Å². The van der Waals surface area contributed by atoms with Gasteiger partial charge in [0.25, 0.3) is 0 Å². The Balaban J connectivity index is 1.40. The molecule has 1 aliphatic heterocycles. The van der Waals surface area contributed by atoms with Crippen LogP contribution in [0.15, 0.2) is 55.1 Å². The molecule has 0 N–H and O–H groups in total. The molecule has 32 heavy (non-hydrogen) atoms. The second kappa shape index (κ2) is 10.8. The van der Waals surface area contributed by atoms with Gasteiger partial charge in [0.05, 0.1) is 25.6 Å². The van der Waals surface area contributed by atoms with Crippen molar-refractivity contribution in [3.05, 3.63) is 86.9 Å². The van der Waals surface area contributed by atoms with Crippen LogP contribution in [0.4, 0.5) is 0 Å². The highest BCUT2D eigenvalue weighted by atomic mass is 35.5. The van der Waals surface area contributed by atoms with Crippen LogP contribution in [0.25, 0.3) is 0 Å². The zero-order valence-corrected chi connectivity index (χ0v) is 20.9. The maximum atomic E-state index is 6.50. The summed E-state index contributed by atoms with van der Waals surface area (Å²) in [7, 11) is 0. The number of halogens is 3. The molecule has 2 atom stereocenters. The molecule has 0 radical (unpaired) electrons. The molecule has 0 aliphatic carbocycles. The summed E-state index contributed by atoms with van der Waals surface area (Å²) < 4.78 is 14.8. The number of benzene rings is 2. The van der Waals surface area contributed by atoms with Crippen molar-refractivity contribution in [2.24, 2.45) is 0 Å². The van der Waals surface area contributed by atoms with E-state index in [9.17, 15) is 0 Å². The lowest BCUT2D eigenvalue weighted by Crippen LogP contribution is -2.37. The molecule has 2 heterocycles. The van der Waals surface area contributed by atoms with E-state index >= 15 is 0 Å². The summed E-state index contributed by atoms with van der Waals surface area (Å²) in [6, 6.07) is 12.1. The Morgan fingerprint density at radius 3 is 2.59 bits per heavy atom. The molecule has 2 aromatic carbocycles. The molecular weight excluding hydrogens is 487 g/mol. The standard InChI is InChI=1S/C24H25Cl3N2O2S/c1-17-2-4-18(5-3-17)13-32-14-20-12-30-24(31-20,15-29-9-8-28-16-29)7-6-21-22(26)10-19(25)11-23(21)27/h2-5,8-11,16,20H,6-7,12-15H2,1H3. The van der Waals surface area contributed by atoms with Gasteiger partial charge in [0.2, 0.25) is 0 Å². The van der Waals surface area contributed by atoms with E-state index in [2.05, 4.69) is 36.2 Å². The molecule has 1 fully saturated rings. The maximum absolute atomic E-state index is 6.50. The maximum Gasteiger partial charge on any atom is 0.187 e. The van der Waals surface area contributed by atoms with E-state index in [-0.39, 0.29) is 6.10 Å². The summed E-state index contributed by atoms with van der Waals surface area (Å²) in [5.41, 5.74) is 3.44. The van der Waals surface area contributed by atoms with Crippen molar-refractivity contribution in [2.45, 2.75) is 44.0 Å². The number of rotatable bonds is 9. The smallest absolute Gasteiger partial charge is 0.187 e. The third-order valence-corrected chi connectivity index (χ3v) is 7.49. The van der Waals surface area contributed by atoms with Crippen molar-refractivity contribution in [1.82, 2.24) is 9.55 Å². The molecular formula is C24H25Cl3N2O2S. The summed E-state index contributed by atoms with van der Waals surface area (Å²) in [4.78, 5) is 4.15. The molecule has 0 amide bonds. The fourth-order valence-electron chi connectivity index (χ4n) is 3.77. The fraction of sp³-hybridized carbons (Fsp3) is 0.375. The minimum absolute atomic E-state index is 0.0186. The average molecular weight is 512 g/mol. The van der Waals surface area contributed by atoms with Gasteiger partial charge in [0.1, 0.15) is 0 Å². The molecule has 3 aromatic rings. The van der Waals surface area contributed by atoms with Crippen molar-refractivity contribution in [3.8, 4) is 0 Å². The molecule has 0 spiro atoms. The molecule has 2 unspecified atom stereocenters. The SMILES string of the molecule is Cc1ccc(CSCC2COC(CCc3c(Cl)cc(Cl)cc3Cl)(Cn3ccnc3)O2)cc1. The number of nitrogens with zero attached hydrogens (tertiary/aromatic N) is 2. The van der Waals surface area contributed by atoms with Gasteiger partial charge in [-0.15, -0.1) is 0 Å². The van der Waals surface area contributed by atoms with Crippen LogP contribution < -0.4 is 0 Å². The van der Waals surface area contributed by atoms with Crippen LogP contribution in [-0.4, -0.2) is 33.8 Å². The third-order valence-electron chi connectivity index (χ3n) is 5.45. The summed E-state index contributed by atoms with van der Waals surface area (Å²) in [5, 5.41) is 1.64. The Bertz CT molecular complexity index is 1010. The van der Waals surface area contributed by atoms with Gasteiger partial charge < -0.3 is 14.0 Å². The Morgan fingerprint density at radius 1 is 1.16 bits per heavy atom. The van der Waals surface area contributed by atoms with Crippen LogP contribution in [0.3, 0.4) is 0 Å². The van der Waals surface area contributed by atoms with Crippen LogP contribution in [0.5, 0.6) is 0 Å². The first-order chi connectivity index (χ1) is 15.4. The number of thioether (sulfide) groups is 1. The van der Waals surface area contributed by atoms with Crippen LogP contribution >= 0.6 is 46.6 Å². The molecule has 0 bridgehead atoms. The van der Waals surface area contributed by atoms with Gasteiger partial charge in [-0.1, -0.05) is 64.6 Å². The zero-order valence-electron chi connectivity index (χ0n) is 17.8. The summed E-state index contributed by atoms with van der Waals surface area (Å²) >= 11 is 20.7. The minimum Gasteiger partial charge on any atom is -0.345 e. The number of hydrogen-bond acceptors (Lipinski definition) is 4. The highest BCUT2D eigenvalue weighted by Crippen LogP contribution is 2.36. The van der Waals surface area contributed by atoms with Crippen molar-refractivity contribution in [2.75, 3.05) is 12.4 Å². The normalized spacial score (nSPS) is 20.7. The molecule has 0 saturated carbocycles. The fourth-order valence-corrected chi connectivity index (χ4v) is 5.75. The lowest BCUT2D eigenvalue weighted by atomic mass is 10.0. The first-order valence-electron chi connectivity index (χ1n) is 10.5. The summed E-state index contributed by atoms with van der Waals surface area (Å²) in [6.45, 7) is 3.21. The molecule has 1 saturated heterocycles. The first kappa shape index (κ1) is 23.9. The van der Waals surface area contributed by atoms with E-state index in [0.29, 0.717) is 41.1 Å². The van der Waals surface area contributed by atoms with Crippen molar-refractivity contribution in [3.63, 3.8) is 0 Å². The van der Waals surface area contributed by atoms with Crippen LogP contribution in [0.2, 0.25) is 15.1 Å². The highest BCUT2D eigenvalue weighted by Gasteiger charge is 2.41. The molecule has 170 valence electrons. The van der Waals surface area contributed by atoms with Crippen LogP contribution in [0.1, 0.15) is 23.1 Å². The van der Waals surface area contributed by atoms with E-state index in [0.717, 1.165) is 17.1 Å². The first-order valence-corrected chi connectivity index (χ1v) is 12.8. The van der Waals surface area contributed by atoms with E-state index in [1.54, 1.807) is 24.7 Å². The zero-order chi connectivity index (χ0) is 22.6. The Kier molecular flexibility index (Phi) is 8.09. The molecule has 1 aromatic heterocycles. The highest BCUT2D eigenvalue weighted by molar-refractivity contribution is 7.98. The van der Waals surface area contributed by atoms with E-state index in [1.165, 1.54) is 11.1 Å². The van der Waals surface area contributed by atoms with Crippen molar-refractivity contribution >= 4 is 46.6 Å². The van der Waals surface area contributed by atoms with Gasteiger partial charge in [-0.05, 0) is 36.6 Å². The lowest BCUT2D eigenvalue weighted by Gasteiger charge is -2.29.